The molecule has 0 spiro atoms. The summed E-state index contributed by atoms with van der Waals surface area (Å²) in [6, 6.07) is 14.0. The van der Waals surface area contributed by atoms with Crippen molar-refractivity contribution in [2.24, 2.45) is 17.8 Å². The molecule has 4 aliphatic carbocycles. The van der Waals surface area contributed by atoms with Gasteiger partial charge in [0.2, 0.25) is 0 Å². The summed E-state index contributed by atoms with van der Waals surface area (Å²) in [4.78, 5) is 11.9. The molecular formula is C24H28N2O3S. The van der Waals surface area contributed by atoms with Crippen molar-refractivity contribution in [1.82, 2.24) is 5.32 Å². The molecule has 0 aliphatic heterocycles. The van der Waals surface area contributed by atoms with Gasteiger partial charge in [0.15, 0.2) is 0 Å². The van der Waals surface area contributed by atoms with Gasteiger partial charge in [0, 0.05) is 18.3 Å². The molecule has 0 atom stereocenters. The number of amides is 1. The predicted molar refractivity (Wildman–Crippen MR) is 117 cm³/mol. The number of benzene rings is 2. The van der Waals surface area contributed by atoms with Crippen molar-refractivity contribution in [2.45, 2.75) is 48.8 Å². The Hall–Kier alpha value is -2.34. The average Bonchev–Trinajstić information content (AvgIpc) is 2.73. The highest BCUT2D eigenvalue weighted by Crippen LogP contribution is 2.60. The van der Waals surface area contributed by atoms with E-state index in [0.717, 1.165) is 17.8 Å². The Morgan fingerprint density at radius 3 is 1.90 bits per heavy atom. The fourth-order valence-corrected chi connectivity index (χ4v) is 7.56. The molecule has 158 valence electrons. The molecule has 0 heterocycles. The molecule has 2 aromatic rings. The molecule has 4 fully saturated rings. The van der Waals surface area contributed by atoms with E-state index in [1.165, 1.54) is 44.1 Å². The second-order valence-electron chi connectivity index (χ2n) is 9.48. The largest absolute Gasteiger partial charge is 0.355 e. The molecule has 5 nitrogen and oxygen atoms in total. The molecule has 0 unspecified atom stereocenters. The lowest BCUT2D eigenvalue weighted by Gasteiger charge is -2.57. The van der Waals surface area contributed by atoms with Crippen molar-refractivity contribution >= 4 is 21.6 Å². The van der Waals surface area contributed by atoms with Crippen LogP contribution >= 0.6 is 0 Å². The van der Waals surface area contributed by atoms with Gasteiger partial charge in [0.05, 0.1) is 4.90 Å². The first kappa shape index (κ1) is 19.6. The topological polar surface area (TPSA) is 75.3 Å². The number of sulfonamides is 1. The van der Waals surface area contributed by atoms with Gasteiger partial charge in [0.25, 0.3) is 15.9 Å². The Balaban J connectivity index is 1.34. The standard InChI is InChI=1S/C24H28N2O3S/c1-25-23(27)19-2-6-21(7-3-19)26-30(28,29)22-8-4-20(5-9-22)24-13-16-10-17(14-24)12-18(11-16)15-24/h2-9,16-18,26H,10-15H2,1H3,(H,25,27). The molecule has 1 amide bonds. The van der Waals surface area contributed by atoms with Gasteiger partial charge in [0.1, 0.15) is 0 Å². The third-order valence-electron chi connectivity index (χ3n) is 7.44. The van der Waals surface area contributed by atoms with Crippen LogP contribution in [0.5, 0.6) is 0 Å². The minimum Gasteiger partial charge on any atom is -0.355 e. The maximum Gasteiger partial charge on any atom is 0.261 e. The summed E-state index contributed by atoms with van der Waals surface area (Å²) in [6.45, 7) is 0. The number of rotatable bonds is 5. The van der Waals surface area contributed by atoms with Gasteiger partial charge < -0.3 is 5.32 Å². The second kappa shape index (κ2) is 7.12. The summed E-state index contributed by atoms with van der Waals surface area (Å²) >= 11 is 0. The predicted octanol–water partition coefficient (Wildman–Crippen LogP) is 4.31. The molecule has 4 bridgehead atoms. The van der Waals surface area contributed by atoms with E-state index in [2.05, 4.69) is 10.0 Å². The molecule has 2 aromatic carbocycles. The maximum absolute atomic E-state index is 12.8. The maximum atomic E-state index is 12.8. The first-order valence-electron chi connectivity index (χ1n) is 10.8. The van der Waals surface area contributed by atoms with Crippen LogP contribution in [0.15, 0.2) is 53.4 Å². The van der Waals surface area contributed by atoms with Crippen LogP contribution in [-0.4, -0.2) is 21.4 Å². The van der Waals surface area contributed by atoms with Gasteiger partial charge in [-0.05, 0) is 104 Å². The molecule has 30 heavy (non-hydrogen) atoms. The molecule has 4 aliphatic rings. The monoisotopic (exact) mass is 424 g/mol. The molecule has 2 N–H and O–H groups in total. The van der Waals surface area contributed by atoms with Crippen molar-refractivity contribution in [3.63, 3.8) is 0 Å². The zero-order valence-corrected chi connectivity index (χ0v) is 18.0. The first-order chi connectivity index (χ1) is 14.4. The summed E-state index contributed by atoms with van der Waals surface area (Å²) in [5.41, 5.74) is 2.50. The van der Waals surface area contributed by atoms with Gasteiger partial charge >= 0.3 is 0 Å². The second-order valence-corrected chi connectivity index (χ2v) is 11.2. The summed E-state index contributed by atoms with van der Waals surface area (Å²) in [5.74, 6) is 2.38. The fourth-order valence-electron chi connectivity index (χ4n) is 6.50. The molecular weight excluding hydrogens is 396 g/mol. The van der Waals surface area contributed by atoms with Crippen LogP contribution in [0.3, 0.4) is 0 Å². The molecule has 4 saturated carbocycles. The Morgan fingerprint density at radius 2 is 1.40 bits per heavy atom. The third kappa shape index (κ3) is 3.41. The lowest BCUT2D eigenvalue weighted by atomic mass is 9.48. The zero-order valence-electron chi connectivity index (χ0n) is 17.2. The zero-order chi connectivity index (χ0) is 20.9. The van der Waals surface area contributed by atoms with Gasteiger partial charge in [-0.25, -0.2) is 8.42 Å². The van der Waals surface area contributed by atoms with Gasteiger partial charge in [-0.1, -0.05) is 12.1 Å². The van der Waals surface area contributed by atoms with Crippen LogP contribution in [0, 0.1) is 17.8 Å². The van der Waals surface area contributed by atoms with E-state index in [4.69, 9.17) is 0 Å². The SMILES string of the molecule is CNC(=O)c1ccc(NS(=O)(=O)c2ccc(C34CC5CC(CC(C5)C3)C4)cc2)cc1. The minimum absolute atomic E-state index is 0.204. The third-order valence-corrected chi connectivity index (χ3v) is 8.84. The lowest BCUT2D eigenvalue weighted by Crippen LogP contribution is -2.48. The van der Waals surface area contributed by atoms with Crippen molar-refractivity contribution < 1.29 is 13.2 Å². The van der Waals surface area contributed by atoms with Crippen LogP contribution < -0.4 is 10.0 Å². The van der Waals surface area contributed by atoms with E-state index in [9.17, 15) is 13.2 Å². The van der Waals surface area contributed by atoms with Crippen LogP contribution in [0.1, 0.15) is 54.4 Å². The van der Waals surface area contributed by atoms with E-state index in [0.29, 0.717) is 11.3 Å². The summed E-state index contributed by atoms with van der Waals surface area (Å²) in [7, 11) is -2.11. The van der Waals surface area contributed by atoms with E-state index >= 15 is 0 Å². The number of carbonyl (C=O) groups excluding carboxylic acids is 1. The highest BCUT2D eigenvalue weighted by molar-refractivity contribution is 7.92. The molecule has 6 rings (SSSR count). The number of nitrogens with one attached hydrogen (secondary N) is 2. The summed E-state index contributed by atoms with van der Waals surface area (Å²) in [5, 5.41) is 2.55. The van der Waals surface area contributed by atoms with Crippen molar-refractivity contribution in [3.8, 4) is 0 Å². The van der Waals surface area contributed by atoms with E-state index < -0.39 is 10.0 Å². The van der Waals surface area contributed by atoms with Crippen molar-refractivity contribution in [3.05, 3.63) is 59.7 Å². The first-order valence-corrected chi connectivity index (χ1v) is 12.3. The van der Waals surface area contributed by atoms with Crippen LogP contribution in [0.4, 0.5) is 5.69 Å². The Kier molecular flexibility index (Phi) is 4.65. The molecule has 0 aromatic heterocycles. The molecule has 0 radical (unpaired) electrons. The number of hydrogen-bond acceptors (Lipinski definition) is 3. The molecule has 6 heteroatoms. The van der Waals surface area contributed by atoms with E-state index in [-0.39, 0.29) is 16.2 Å². The van der Waals surface area contributed by atoms with Crippen LogP contribution in [0.25, 0.3) is 0 Å². The smallest absolute Gasteiger partial charge is 0.261 e. The van der Waals surface area contributed by atoms with Crippen molar-refractivity contribution in [2.75, 3.05) is 11.8 Å². The summed E-state index contributed by atoms with van der Waals surface area (Å²) < 4.78 is 28.3. The highest BCUT2D eigenvalue weighted by atomic mass is 32.2. The Morgan fingerprint density at radius 1 is 0.867 bits per heavy atom. The van der Waals surface area contributed by atoms with Crippen LogP contribution in [0.2, 0.25) is 0 Å². The van der Waals surface area contributed by atoms with Crippen LogP contribution in [-0.2, 0) is 15.4 Å². The highest BCUT2D eigenvalue weighted by Gasteiger charge is 2.51. The van der Waals surface area contributed by atoms with Crippen molar-refractivity contribution in [1.29, 1.82) is 0 Å². The number of anilines is 1. The summed E-state index contributed by atoms with van der Waals surface area (Å²) in [6.07, 6.45) is 7.99. The fraction of sp³-hybridized carbons (Fsp3) is 0.458. The van der Waals surface area contributed by atoms with E-state index in [1.807, 2.05) is 12.1 Å². The Labute approximate surface area is 178 Å². The quantitative estimate of drug-likeness (QED) is 0.751. The minimum atomic E-state index is -3.68. The molecule has 0 saturated heterocycles. The van der Waals surface area contributed by atoms with Gasteiger partial charge in [-0.15, -0.1) is 0 Å². The van der Waals surface area contributed by atoms with E-state index in [1.54, 1.807) is 43.4 Å². The lowest BCUT2D eigenvalue weighted by molar-refractivity contribution is -0.00521. The Bertz CT molecular complexity index is 1020. The number of carbonyl (C=O) groups is 1. The van der Waals surface area contributed by atoms with Gasteiger partial charge in [-0.3, -0.25) is 9.52 Å². The average molecular weight is 425 g/mol. The normalized spacial score (nSPS) is 29.6. The number of hydrogen-bond donors (Lipinski definition) is 2. The van der Waals surface area contributed by atoms with Gasteiger partial charge in [-0.2, -0.15) is 0 Å².